The molecule has 1 heterocycles. The molecular formula is C13H28N2O2S. The van der Waals surface area contributed by atoms with E-state index < -0.39 is 9.84 Å². The zero-order valence-corrected chi connectivity index (χ0v) is 13.0. The monoisotopic (exact) mass is 276 g/mol. The Hall–Kier alpha value is -0.130. The number of hydrogen-bond donors (Lipinski definition) is 1. The second-order valence-corrected chi connectivity index (χ2v) is 7.88. The molecular weight excluding hydrogens is 248 g/mol. The molecule has 1 rings (SSSR count). The predicted octanol–water partition coefficient (Wildman–Crippen LogP) is 1.27. The van der Waals surface area contributed by atoms with E-state index in [4.69, 9.17) is 0 Å². The molecule has 0 amide bonds. The summed E-state index contributed by atoms with van der Waals surface area (Å²) in [5, 5.41) is 3.53. The molecule has 0 saturated carbocycles. The average Bonchev–Trinajstić information content (AvgIpc) is 2.25. The summed E-state index contributed by atoms with van der Waals surface area (Å²) in [6.07, 6.45) is 2.39. The fourth-order valence-corrected chi connectivity index (χ4v) is 4.27. The summed E-state index contributed by atoms with van der Waals surface area (Å²) in [6, 6.07) is 1.08. The smallest absolute Gasteiger partial charge is 0.153 e. The van der Waals surface area contributed by atoms with E-state index in [-0.39, 0.29) is 6.04 Å². The van der Waals surface area contributed by atoms with Crippen LogP contribution in [0.2, 0.25) is 0 Å². The summed E-state index contributed by atoms with van der Waals surface area (Å²) in [6.45, 7) is 10.2. The van der Waals surface area contributed by atoms with E-state index in [2.05, 4.69) is 31.0 Å². The van der Waals surface area contributed by atoms with Gasteiger partial charge < -0.3 is 5.32 Å². The largest absolute Gasteiger partial charge is 0.313 e. The molecule has 1 N–H and O–H groups in total. The summed E-state index contributed by atoms with van der Waals surface area (Å²) in [4.78, 5) is 2.31. The molecule has 0 aromatic carbocycles. The van der Waals surface area contributed by atoms with Gasteiger partial charge in [0.25, 0.3) is 0 Å². The Labute approximate surface area is 112 Å². The van der Waals surface area contributed by atoms with Crippen molar-refractivity contribution in [3.05, 3.63) is 0 Å². The average molecular weight is 276 g/mol. The van der Waals surface area contributed by atoms with Crippen molar-refractivity contribution in [2.45, 2.75) is 58.7 Å². The molecule has 0 bridgehead atoms. The highest BCUT2D eigenvalue weighted by Crippen LogP contribution is 2.14. The number of rotatable bonds is 6. The fourth-order valence-electron chi connectivity index (χ4n) is 2.69. The van der Waals surface area contributed by atoms with Gasteiger partial charge in [0, 0.05) is 31.2 Å². The maximum absolute atomic E-state index is 11.5. The van der Waals surface area contributed by atoms with Gasteiger partial charge in [0.2, 0.25) is 0 Å². The standard InChI is InChI=1S/C13H28N2O2S/c1-5-6-11(2)14-9-12(3)15-7-8-18(16,17)10-13(15)4/h11-14H,5-10H2,1-4H3. The summed E-state index contributed by atoms with van der Waals surface area (Å²) in [5.74, 6) is 0.619. The van der Waals surface area contributed by atoms with E-state index in [0.29, 0.717) is 30.1 Å². The van der Waals surface area contributed by atoms with E-state index >= 15 is 0 Å². The first-order chi connectivity index (χ1) is 8.35. The van der Waals surface area contributed by atoms with Crippen LogP contribution >= 0.6 is 0 Å². The first kappa shape index (κ1) is 15.9. The van der Waals surface area contributed by atoms with Gasteiger partial charge in [-0.25, -0.2) is 8.42 Å². The molecule has 18 heavy (non-hydrogen) atoms. The number of nitrogens with one attached hydrogen (secondary N) is 1. The van der Waals surface area contributed by atoms with Gasteiger partial charge in [-0.1, -0.05) is 13.3 Å². The van der Waals surface area contributed by atoms with Gasteiger partial charge >= 0.3 is 0 Å². The Balaban J connectivity index is 2.40. The molecule has 5 heteroatoms. The van der Waals surface area contributed by atoms with Crippen molar-refractivity contribution in [1.82, 2.24) is 10.2 Å². The first-order valence-corrected chi connectivity index (χ1v) is 8.87. The summed E-state index contributed by atoms with van der Waals surface area (Å²) in [7, 11) is -2.80. The molecule has 1 aliphatic rings. The van der Waals surface area contributed by atoms with Gasteiger partial charge in [-0.3, -0.25) is 4.90 Å². The maximum Gasteiger partial charge on any atom is 0.153 e. The molecule has 0 radical (unpaired) electrons. The summed E-state index contributed by atoms with van der Waals surface area (Å²) < 4.78 is 23.1. The van der Waals surface area contributed by atoms with Crippen LogP contribution in [0, 0.1) is 0 Å². The lowest BCUT2D eigenvalue weighted by molar-refractivity contribution is 0.162. The van der Waals surface area contributed by atoms with Gasteiger partial charge in [-0.05, 0) is 27.2 Å². The van der Waals surface area contributed by atoms with Crippen molar-refractivity contribution in [2.75, 3.05) is 24.6 Å². The van der Waals surface area contributed by atoms with Crippen LogP contribution in [0.25, 0.3) is 0 Å². The predicted molar refractivity (Wildman–Crippen MR) is 76.7 cm³/mol. The van der Waals surface area contributed by atoms with Crippen LogP contribution in [-0.2, 0) is 9.84 Å². The van der Waals surface area contributed by atoms with E-state index in [1.165, 1.54) is 12.8 Å². The van der Waals surface area contributed by atoms with Crippen molar-refractivity contribution in [2.24, 2.45) is 0 Å². The van der Waals surface area contributed by atoms with Gasteiger partial charge in [0.15, 0.2) is 9.84 Å². The lowest BCUT2D eigenvalue weighted by Gasteiger charge is -2.38. The quantitative estimate of drug-likeness (QED) is 0.794. The molecule has 1 saturated heterocycles. The molecule has 3 unspecified atom stereocenters. The zero-order valence-electron chi connectivity index (χ0n) is 12.1. The highest BCUT2D eigenvalue weighted by molar-refractivity contribution is 7.91. The molecule has 108 valence electrons. The van der Waals surface area contributed by atoms with Crippen LogP contribution < -0.4 is 5.32 Å². The summed E-state index contributed by atoms with van der Waals surface area (Å²) in [5.41, 5.74) is 0. The van der Waals surface area contributed by atoms with Crippen molar-refractivity contribution in [1.29, 1.82) is 0 Å². The van der Waals surface area contributed by atoms with Crippen LogP contribution in [0.1, 0.15) is 40.5 Å². The molecule has 0 aliphatic carbocycles. The van der Waals surface area contributed by atoms with Gasteiger partial charge in [-0.15, -0.1) is 0 Å². The van der Waals surface area contributed by atoms with E-state index in [1.807, 2.05) is 6.92 Å². The number of hydrogen-bond acceptors (Lipinski definition) is 4. The normalized spacial score (nSPS) is 27.9. The molecule has 0 aromatic rings. The van der Waals surface area contributed by atoms with Gasteiger partial charge in [-0.2, -0.15) is 0 Å². The minimum Gasteiger partial charge on any atom is -0.313 e. The molecule has 1 aliphatic heterocycles. The Morgan fingerprint density at radius 2 is 2.06 bits per heavy atom. The van der Waals surface area contributed by atoms with E-state index in [0.717, 1.165) is 6.54 Å². The van der Waals surface area contributed by atoms with Crippen LogP contribution in [0.4, 0.5) is 0 Å². The number of nitrogens with zero attached hydrogens (tertiary/aromatic N) is 1. The summed E-state index contributed by atoms with van der Waals surface area (Å²) >= 11 is 0. The van der Waals surface area contributed by atoms with Gasteiger partial charge in [0.05, 0.1) is 11.5 Å². The highest BCUT2D eigenvalue weighted by Gasteiger charge is 2.30. The van der Waals surface area contributed by atoms with E-state index in [1.54, 1.807) is 0 Å². The first-order valence-electron chi connectivity index (χ1n) is 7.05. The Bertz CT molecular complexity index is 343. The fraction of sp³-hybridized carbons (Fsp3) is 1.00. The minimum atomic E-state index is -2.80. The number of sulfone groups is 1. The molecule has 1 fully saturated rings. The van der Waals surface area contributed by atoms with E-state index in [9.17, 15) is 8.42 Å². The zero-order chi connectivity index (χ0) is 13.8. The highest BCUT2D eigenvalue weighted by atomic mass is 32.2. The van der Waals surface area contributed by atoms with Crippen molar-refractivity contribution in [3.8, 4) is 0 Å². The molecule has 0 spiro atoms. The van der Waals surface area contributed by atoms with Crippen LogP contribution in [0.15, 0.2) is 0 Å². The Kier molecular flexibility index (Phi) is 6.08. The molecule has 4 nitrogen and oxygen atoms in total. The Morgan fingerprint density at radius 3 is 2.61 bits per heavy atom. The van der Waals surface area contributed by atoms with Crippen LogP contribution in [-0.4, -0.2) is 56.0 Å². The topological polar surface area (TPSA) is 49.4 Å². The third-order valence-corrected chi connectivity index (χ3v) is 5.57. The third kappa shape index (κ3) is 4.86. The lowest BCUT2D eigenvalue weighted by atomic mass is 10.1. The minimum absolute atomic E-state index is 0.141. The third-order valence-electron chi connectivity index (χ3n) is 3.77. The van der Waals surface area contributed by atoms with Crippen molar-refractivity contribution < 1.29 is 8.42 Å². The molecule has 3 atom stereocenters. The van der Waals surface area contributed by atoms with Crippen molar-refractivity contribution >= 4 is 9.84 Å². The lowest BCUT2D eigenvalue weighted by Crippen LogP contribution is -2.53. The molecule has 0 aromatic heterocycles. The maximum atomic E-state index is 11.5. The second-order valence-electron chi connectivity index (χ2n) is 5.65. The van der Waals surface area contributed by atoms with Crippen LogP contribution in [0.5, 0.6) is 0 Å². The van der Waals surface area contributed by atoms with Gasteiger partial charge in [0.1, 0.15) is 0 Å². The van der Waals surface area contributed by atoms with Crippen molar-refractivity contribution in [3.63, 3.8) is 0 Å². The van der Waals surface area contributed by atoms with Crippen LogP contribution in [0.3, 0.4) is 0 Å². The SMILES string of the molecule is CCCC(C)NCC(C)N1CCS(=O)(=O)CC1C. The Morgan fingerprint density at radius 1 is 1.39 bits per heavy atom. The second kappa shape index (κ2) is 6.87.